The molecule has 2 bridgehead atoms. The lowest BCUT2D eigenvalue weighted by Crippen LogP contribution is -2.60. The Labute approximate surface area is 376 Å². The van der Waals surface area contributed by atoms with Crippen LogP contribution in [0.15, 0.2) is 47.6 Å². The van der Waals surface area contributed by atoms with E-state index in [2.05, 4.69) is 13.8 Å². The van der Waals surface area contributed by atoms with Gasteiger partial charge in [-0.2, -0.15) is 0 Å². The molecular formula is C51H79NO11. The Kier molecular flexibility index (Phi) is 19.7. The Hall–Kier alpha value is -3.29. The van der Waals surface area contributed by atoms with Crippen LogP contribution >= 0.6 is 0 Å². The van der Waals surface area contributed by atoms with Gasteiger partial charge in [0.05, 0.1) is 24.4 Å². The molecule has 0 aromatic carbocycles. The molecule has 3 N–H and O–H groups in total. The first-order chi connectivity index (χ1) is 29.7. The Morgan fingerprint density at radius 3 is 2.27 bits per heavy atom. The van der Waals surface area contributed by atoms with E-state index in [1.54, 1.807) is 40.9 Å². The SMILES string of the molecule is CO[C@@H]1C[C@H](C[C@@H](C)[C@@H]2CC(=O)[C@H](C)/C=C(\C)[C@@H](O)[C@@H](C)C(=O)[C@H](C)C[C@H](C)/C=C/C=C/C=C(\C)[C@@H](C)C[C@@H]3CC[C@@H](C)[C@@](O)(O3)C(=O)C(=O)N3CCCC[C@H]3C(=O)O2)CC[C@H]1O. The largest absolute Gasteiger partial charge is 0.460 e. The number of Topliss-reactive ketones (excluding diaryl/α,β-unsaturated/α-hetero) is 3. The van der Waals surface area contributed by atoms with Crippen molar-refractivity contribution < 1.29 is 53.5 Å². The van der Waals surface area contributed by atoms with Crippen LogP contribution in [0.3, 0.4) is 0 Å². The maximum Gasteiger partial charge on any atom is 0.329 e. The lowest BCUT2D eigenvalue weighted by Gasteiger charge is -2.42. The lowest BCUT2D eigenvalue weighted by molar-refractivity contribution is -0.264. The maximum atomic E-state index is 14.3. The van der Waals surface area contributed by atoms with Crippen molar-refractivity contribution in [3.05, 3.63) is 47.6 Å². The van der Waals surface area contributed by atoms with Gasteiger partial charge in [-0.05, 0) is 114 Å². The first kappa shape index (κ1) is 52.3. The van der Waals surface area contributed by atoms with Gasteiger partial charge in [0.1, 0.15) is 23.7 Å². The number of hydrogen-bond acceptors (Lipinski definition) is 11. The third kappa shape index (κ3) is 13.9. The third-order valence-electron chi connectivity index (χ3n) is 14.7. The number of esters is 1. The summed E-state index contributed by atoms with van der Waals surface area (Å²) < 4.78 is 18.0. The number of ketones is 3. The summed E-state index contributed by atoms with van der Waals surface area (Å²) in [7, 11) is 1.58. The Morgan fingerprint density at radius 1 is 0.857 bits per heavy atom. The molecule has 2 saturated heterocycles. The van der Waals surface area contributed by atoms with Crippen molar-refractivity contribution in [1.29, 1.82) is 0 Å². The van der Waals surface area contributed by atoms with E-state index in [9.17, 15) is 39.3 Å². The van der Waals surface area contributed by atoms with E-state index in [1.165, 1.54) is 4.90 Å². The molecule has 12 nitrogen and oxygen atoms in total. The van der Waals surface area contributed by atoms with Crippen molar-refractivity contribution in [2.75, 3.05) is 13.7 Å². The molecule has 354 valence electrons. The van der Waals surface area contributed by atoms with Gasteiger partial charge in [-0.15, -0.1) is 0 Å². The van der Waals surface area contributed by atoms with E-state index in [-0.39, 0.29) is 66.6 Å². The third-order valence-corrected chi connectivity index (χ3v) is 14.7. The minimum Gasteiger partial charge on any atom is -0.460 e. The number of allylic oxidation sites excluding steroid dienone is 7. The molecule has 3 fully saturated rings. The summed E-state index contributed by atoms with van der Waals surface area (Å²) in [6.45, 7) is 16.9. The van der Waals surface area contributed by atoms with Crippen LogP contribution in [0.1, 0.15) is 139 Å². The average Bonchev–Trinajstić information content (AvgIpc) is 3.25. The molecule has 1 aliphatic carbocycles. The summed E-state index contributed by atoms with van der Waals surface area (Å²) in [5.41, 5.74) is 1.58. The molecule has 0 aromatic rings. The quantitative estimate of drug-likeness (QED) is 0.146. The highest BCUT2D eigenvalue weighted by atomic mass is 16.6. The van der Waals surface area contributed by atoms with Crippen molar-refractivity contribution >= 4 is 29.2 Å². The standard InChI is InChI=1S/C51H79NO11/c1-30-16-12-11-13-17-31(2)32(3)27-40-21-19-37(8)51(60,63-40)48(57)49(58)52-23-15-14-18-41(52)50(59)62-44(34(5)26-39-20-22-42(53)45(28-39)61-10)29-43(54)33(4)25-36(7)47(56)38(9)46(55)35(6)24-30/h11-13,16-17,25,30,32-35,37-42,44-45,47,53,56,60H,14-15,18-24,26-29H2,1-10H3/b13-11+,16-12+,31-17+,36-25+/t30-,32+,33-,34-,35-,37-,38+,39+,40+,41+,42-,44+,45-,47-,51-/m1/s1. The minimum atomic E-state index is -2.36. The molecule has 12 heteroatoms. The van der Waals surface area contributed by atoms with Crippen molar-refractivity contribution in [3.63, 3.8) is 0 Å². The van der Waals surface area contributed by atoms with E-state index >= 15 is 0 Å². The van der Waals surface area contributed by atoms with Gasteiger partial charge in [-0.3, -0.25) is 19.2 Å². The molecule has 3 heterocycles. The first-order valence-corrected chi connectivity index (χ1v) is 23.8. The molecule has 0 aromatic heterocycles. The number of nitrogens with zero attached hydrogens (tertiary/aromatic N) is 1. The number of carbonyl (C=O) groups is 5. The number of cyclic esters (lactones) is 1. The number of hydrogen-bond donors (Lipinski definition) is 3. The number of fused-ring (bicyclic) bond motifs is 3. The summed E-state index contributed by atoms with van der Waals surface area (Å²) >= 11 is 0. The van der Waals surface area contributed by atoms with E-state index in [0.29, 0.717) is 63.4 Å². The van der Waals surface area contributed by atoms with Crippen LogP contribution in [0.5, 0.6) is 0 Å². The number of amides is 1. The summed E-state index contributed by atoms with van der Waals surface area (Å²) in [6.07, 6.45) is 14.2. The summed E-state index contributed by atoms with van der Waals surface area (Å²) in [5, 5.41) is 33.7. The number of rotatable bonds is 4. The van der Waals surface area contributed by atoms with Crippen LogP contribution in [0.4, 0.5) is 0 Å². The highest BCUT2D eigenvalue weighted by Crippen LogP contribution is 2.38. The summed E-state index contributed by atoms with van der Waals surface area (Å²) in [5.74, 6) is -7.81. The zero-order valence-electron chi connectivity index (χ0n) is 39.8. The smallest absolute Gasteiger partial charge is 0.329 e. The maximum absolute atomic E-state index is 14.3. The molecule has 0 spiro atoms. The Balaban J connectivity index is 1.67. The summed E-state index contributed by atoms with van der Waals surface area (Å²) in [4.78, 5) is 71.5. The zero-order chi connectivity index (χ0) is 46.8. The monoisotopic (exact) mass is 882 g/mol. The van der Waals surface area contributed by atoms with Crippen LogP contribution in [-0.4, -0.2) is 105 Å². The van der Waals surface area contributed by atoms with E-state index in [0.717, 1.165) is 12.0 Å². The van der Waals surface area contributed by atoms with Crippen molar-refractivity contribution in [2.24, 2.45) is 47.3 Å². The van der Waals surface area contributed by atoms with Gasteiger partial charge in [0.25, 0.3) is 11.7 Å². The molecule has 1 saturated carbocycles. The molecule has 0 radical (unpaired) electrons. The molecule has 4 aliphatic rings. The first-order valence-electron chi connectivity index (χ1n) is 23.8. The van der Waals surface area contributed by atoms with Crippen molar-refractivity contribution in [1.82, 2.24) is 4.90 Å². The summed E-state index contributed by atoms with van der Waals surface area (Å²) in [6, 6.07) is -1.10. The van der Waals surface area contributed by atoms with Gasteiger partial charge in [0, 0.05) is 43.7 Å². The number of methoxy groups -OCH3 is 1. The predicted molar refractivity (Wildman–Crippen MR) is 242 cm³/mol. The van der Waals surface area contributed by atoms with Gasteiger partial charge in [0.15, 0.2) is 0 Å². The van der Waals surface area contributed by atoms with Gasteiger partial charge in [-0.25, -0.2) is 4.79 Å². The van der Waals surface area contributed by atoms with Crippen LogP contribution in [-0.2, 0) is 38.2 Å². The fourth-order valence-electron chi connectivity index (χ4n) is 10.1. The molecule has 0 unspecified atom stereocenters. The molecule has 63 heavy (non-hydrogen) atoms. The van der Waals surface area contributed by atoms with E-state index in [4.69, 9.17) is 14.2 Å². The second kappa shape index (κ2) is 23.8. The van der Waals surface area contributed by atoms with Crippen LogP contribution < -0.4 is 0 Å². The lowest BCUT2D eigenvalue weighted by atomic mass is 9.78. The molecule has 3 aliphatic heterocycles. The normalized spacial score (nSPS) is 41.3. The molecule has 1 amide bonds. The van der Waals surface area contributed by atoms with Gasteiger partial charge >= 0.3 is 5.97 Å². The van der Waals surface area contributed by atoms with Crippen molar-refractivity contribution in [3.8, 4) is 0 Å². The number of carbonyl (C=O) groups excluding carboxylic acids is 5. The molecular weight excluding hydrogens is 803 g/mol. The number of aliphatic hydroxyl groups is 3. The topological polar surface area (TPSA) is 177 Å². The second-order valence-corrected chi connectivity index (χ2v) is 19.9. The van der Waals surface area contributed by atoms with E-state index < -0.39 is 71.7 Å². The van der Waals surface area contributed by atoms with Gasteiger partial charge < -0.3 is 34.4 Å². The van der Waals surface area contributed by atoms with Crippen molar-refractivity contribution in [2.45, 2.75) is 182 Å². The van der Waals surface area contributed by atoms with Crippen LogP contribution in [0.2, 0.25) is 0 Å². The van der Waals surface area contributed by atoms with E-state index in [1.807, 2.05) is 51.2 Å². The Bertz CT molecular complexity index is 1720. The van der Waals surface area contributed by atoms with Crippen LogP contribution in [0.25, 0.3) is 0 Å². The predicted octanol–water partition coefficient (Wildman–Crippen LogP) is 7.42. The molecule has 15 atom stereocenters. The van der Waals surface area contributed by atoms with Crippen LogP contribution in [0, 0.1) is 47.3 Å². The number of ether oxygens (including phenoxy) is 3. The number of aliphatic hydroxyl groups excluding tert-OH is 2. The minimum absolute atomic E-state index is 0.0438. The number of piperidine rings is 1. The zero-order valence-corrected chi connectivity index (χ0v) is 39.8. The van der Waals surface area contributed by atoms with Gasteiger partial charge in [0.2, 0.25) is 5.79 Å². The highest BCUT2D eigenvalue weighted by Gasteiger charge is 2.53. The molecule has 4 rings (SSSR count). The average molecular weight is 882 g/mol. The fourth-order valence-corrected chi connectivity index (χ4v) is 10.1. The second-order valence-electron chi connectivity index (χ2n) is 19.9. The Morgan fingerprint density at radius 2 is 1.57 bits per heavy atom. The highest BCUT2D eigenvalue weighted by molar-refractivity contribution is 6.39. The fraction of sp³-hybridized carbons (Fsp3) is 0.745. The van der Waals surface area contributed by atoms with Gasteiger partial charge in [-0.1, -0.05) is 90.5 Å².